The lowest BCUT2D eigenvalue weighted by Crippen LogP contribution is -2.23. The SMILES string of the molecule is CC[C@H](C)c1nc2ccc(Br)cc2c(=O)n1N=Cc1ccc(OCc2ccccc2F)cc1. The third-order valence-corrected chi connectivity index (χ3v) is 5.93. The summed E-state index contributed by atoms with van der Waals surface area (Å²) in [4.78, 5) is 17.9. The lowest BCUT2D eigenvalue weighted by molar-refractivity contribution is 0.300. The van der Waals surface area contributed by atoms with Crippen molar-refractivity contribution >= 4 is 33.0 Å². The molecule has 5 nitrogen and oxygen atoms in total. The quantitative estimate of drug-likeness (QED) is 0.277. The van der Waals surface area contributed by atoms with Crippen LogP contribution in [0.5, 0.6) is 5.75 Å². The maximum absolute atomic E-state index is 13.8. The first-order valence-electron chi connectivity index (χ1n) is 10.7. The minimum absolute atomic E-state index is 0.0667. The molecule has 0 spiro atoms. The van der Waals surface area contributed by atoms with Crippen LogP contribution in [0.2, 0.25) is 0 Å². The van der Waals surface area contributed by atoms with Crippen LogP contribution in [0.4, 0.5) is 4.39 Å². The number of nitrogens with zero attached hydrogens (tertiary/aromatic N) is 3. The normalized spacial score (nSPS) is 12.4. The highest BCUT2D eigenvalue weighted by Crippen LogP contribution is 2.21. The first-order chi connectivity index (χ1) is 16.0. The molecule has 0 bridgehead atoms. The van der Waals surface area contributed by atoms with Crippen molar-refractivity contribution in [1.82, 2.24) is 9.66 Å². The second kappa shape index (κ2) is 10.1. The molecule has 0 aliphatic carbocycles. The average Bonchev–Trinajstić information content (AvgIpc) is 2.83. The fourth-order valence-corrected chi connectivity index (χ4v) is 3.69. The van der Waals surface area contributed by atoms with Gasteiger partial charge in [-0.3, -0.25) is 4.79 Å². The Morgan fingerprint density at radius 2 is 1.91 bits per heavy atom. The van der Waals surface area contributed by atoms with E-state index in [0.717, 1.165) is 16.5 Å². The van der Waals surface area contributed by atoms with E-state index in [4.69, 9.17) is 9.72 Å². The molecule has 0 aliphatic heterocycles. The summed E-state index contributed by atoms with van der Waals surface area (Å²) in [7, 11) is 0. The van der Waals surface area contributed by atoms with E-state index >= 15 is 0 Å². The minimum Gasteiger partial charge on any atom is -0.489 e. The van der Waals surface area contributed by atoms with Gasteiger partial charge in [-0.2, -0.15) is 9.78 Å². The van der Waals surface area contributed by atoms with E-state index in [9.17, 15) is 9.18 Å². The van der Waals surface area contributed by atoms with Crippen LogP contribution in [-0.4, -0.2) is 15.9 Å². The highest BCUT2D eigenvalue weighted by atomic mass is 79.9. The molecule has 4 rings (SSSR count). The van der Waals surface area contributed by atoms with Crippen LogP contribution in [-0.2, 0) is 6.61 Å². The number of benzene rings is 3. The Labute approximate surface area is 199 Å². The molecule has 1 atom stereocenters. The Morgan fingerprint density at radius 3 is 2.64 bits per heavy atom. The van der Waals surface area contributed by atoms with Gasteiger partial charge in [0.2, 0.25) is 0 Å². The molecule has 4 aromatic rings. The van der Waals surface area contributed by atoms with Gasteiger partial charge in [0.15, 0.2) is 0 Å². The molecule has 168 valence electrons. The summed E-state index contributed by atoms with van der Waals surface area (Å²) in [5.74, 6) is 1.01. The monoisotopic (exact) mass is 507 g/mol. The highest BCUT2D eigenvalue weighted by Gasteiger charge is 2.15. The summed E-state index contributed by atoms with van der Waals surface area (Å²) in [6.45, 7) is 4.23. The number of fused-ring (bicyclic) bond motifs is 1. The number of rotatable bonds is 7. The molecule has 0 N–H and O–H groups in total. The van der Waals surface area contributed by atoms with E-state index in [1.165, 1.54) is 10.7 Å². The van der Waals surface area contributed by atoms with Crippen molar-refractivity contribution < 1.29 is 9.13 Å². The first kappa shape index (κ1) is 22.9. The number of ether oxygens (including phenoxy) is 1. The van der Waals surface area contributed by atoms with Gasteiger partial charge < -0.3 is 4.74 Å². The summed E-state index contributed by atoms with van der Waals surface area (Å²) in [5.41, 5.74) is 1.74. The molecule has 0 radical (unpaired) electrons. The summed E-state index contributed by atoms with van der Waals surface area (Å²) in [5, 5.41) is 4.98. The molecule has 0 fully saturated rings. The Hall–Kier alpha value is -3.32. The van der Waals surface area contributed by atoms with E-state index < -0.39 is 0 Å². The topological polar surface area (TPSA) is 56.5 Å². The number of halogens is 2. The zero-order valence-corrected chi connectivity index (χ0v) is 19.9. The Kier molecular flexibility index (Phi) is 6.99. The molecular weight excluding hydrogens is 485 g/mol. The molecular formula is C26H23BrFN3O2. The average molecular weight is 508 g/mol. The van der Waals surface area contributed by atoms with Crippen LogP contribution in [0, 0.1) is 5.82 Å². The van der Waals surface area contributed by atoms with E-state index in [2.05, 4.69) is 28.0 Å². The lowest BCUT2D eigenvalue weighted by atomic mass is 10.1. The van der Waals surface area contributed by atoms with Gasteiger partial charge in [0.05, 0.1) is 17.1 Å². The Morgan fingerprint density at radius 1 is 1.15 bits per heavy atom. The summed E-state index contributed by atoms with van der Waals surface area (Å²) < 4.78 is 21.6. The van der Waals surface area contributed by atoms with Crippen LogP contribution in [0.15, 0.2) is 81.1 Å². The van der Waals surface area contributed by atoms with Gasteiger partial charge in [0.1, 0.15) is 24.0 Å². The van der Waals surface area contributed by atoms with E-state index in [-0.39, 0.29) is 23.9 Å². The minimum atomic E-state index is -0.292. The third kappa shape index (κ3) is 5.20. The maximum Gasteiger partial charge on any atom is 0.282 e. The van der Waals surface area contributed by atoms with Gasteiger partial charge in [0.25, 0.3) is 5.56 Å². The van der Waals surface area contributed by atoms with Crippen molar-refractivity contribution in [3.05, 3.63) is 104 Å². The fourth-order valence-electron chi connectivity index (χ4n) is 3.33. The molecule has 1 aromatic heterocycles. The number of hydrogen-bond acceptors (Lipinski definition) is 4. The predicted octanol–water partition coefficient (Wildman–Crippen LogP) is 6.27. The van der Waals surface area contributed by atoms with Crippen molar-refractivity contribution in [1.29, 1.82) is 0 Å². The molecule has 0 amide bonds. The zero-order chi connectivity index (χ0) is 23.4. The van der Waals surface area contributed by atoms with Crippen molar-refractivity contribution in [2.45, 2.75) is 32.8 Å². The van der Waals surface area contributed by atoms with Gasteiger partial charge in [-0.05, 0) is 60.5 Å². The highest BCUT2D eigenvalue weighted by molar-refractivity contribution is 9.10. The summed E-state index contributed by atoms with van der Waals surface area (Å²) >= 11 is 3.42. The van der Waals surface area contributed by atoms with Crippen LogP contribution in [0.3, 0.4) is 0 Å². The van der Waals surface area contributed by atoms with Crippen molar-refractivity contribution in [2.75, 3.05) is 0 Å². The summed E-state index contributed by atoms with van der Waals surface area (Å²) in [6, 6.07) is 19.2. The number of aromatic nitrogens is 2. The van der Waals surface area contributed by atoms with Gasteiger partial charge in [-0.25, -0.2) is 9.37 Å². The molecule has 0 saturated carbocycles. The van der Waals surface area contributed by atoms with Crippen LogP contribution in [0.25, 0.3) is 10.9 Å². The van der Waals surface area contributed by atoms with Gasteiger partial charge in [-0.15, -0.1) is 0 Å². The smallest absolute Gasteiger partial charge is 0.282 e. The summed E-state index contributed by atoms with van der Waals surface area (Å²) in [6.07, 6.45) is 2.46. The standard InChI is InChI=1S/C26H23BrFN3O2/c1-3-17(2)25-30-24-13-10-20(27)14-22(24)26(32)31(25)29-15-18-8-11-21(12-9-18)33-16-19-6-4-5-7-23(19)28/h4-15,17H,3,16H2,1-2H3/t17-/m0/s1. The van der Waals surface area contributed by atoms with E-state index in [1.807, 2.05) is 31.2 Å². The molecule has 0 unspecified atom stereocenters. The van der Waals surface area contributed by atoms with Crippen molar-refractivity contribution in [2.24, 2.45) is 5.10 Å². The van der Waals surface area contributed by atoms with Crippen LogP contribution >= 0.6 is 15.9 Å². The van der Waals surface area contributed by atoms with Gasteiger partial charge >= 0.3 is 0 Å². The second-order valence-corrected chi connectivity index (χ2v) is 8.67. The zero-order valence-electron chi connectivity index (χ0n) is 18.3. The van der Waals surface area contributed by atoms with Crippen LogP contribution in [0.1, 0.15) is 43.1 Å². The van der Waals surface area contributed by atoms with Crippen LogP contribution < -0.4 is 10.3 Å². The maximum atomic E-state index is 13.8. The predicted molar refractivity (Wildman–Crippen MR) is 133 cm³/mol. The van der Waals surface area contributed by atoms with Gasteiger partial charge in [0, 0.05) is 16.0 Å². The Balaban J connectivity index is 1.59. The molecule has 1 heterocycles. The molecule has 33 heavy (non-hydrogen) atoms. The number of hydrogen-bond donors (Lipinski definition) is 0. The second-order valence-electron chi connectivity index (χ2n) is 7.75. The lowest BCUT2D eigenvalue weighted by Gasteiger charge is -2.14. The molecule has 3 aromatic carbocycles. The molecule has 0 aliphatic rings. The molecule has 0 saturated heterocycles. The van der Waals surface area contributed by atoms with Gasteiger partial charge in [-0.1, -0.05) is 48.0 Å². The largest absolute Gasteiger partial charge is 0.489 e. The third-order valence-electron chi connectivity index (χ3n) is 5.44. The first-order valence-corrected chi connectivity index (χ1v) is 11.5. The van der Waals surface area contributed by atoms with E-state index in [1.54, 1.807) is 42.6 Å². The Bertz CT molecular complexity index is 1370. The molecule has 7 heteroatoms. The van der Waals surface area contributed by atoms with Crippen molar-refractivity contribution in [3.63, 3.8) is 0 Å². The van der Waals surface area contributed by atoms with Crippen molar-refractivity contribution in [3.8, 4) is 5.75 Å². The van der Waals surface area contributed by atoms with E-state index in [0.29, 0.717) is 28.0 Å². The fraction of sp³-hybridized carbons (Fsp3) is 0.192.